The summed E-state index contributed by atoms with van der Waals surface area (Å²) in [7, 11) is 0. The van der Waals surface area contributed by atoms with Gasteiger partial charge in [0.2, 0.25) is 11.7 Å². The van der Waals surface area contributed by atoms with Gasteiger partial charge in [-0.2, -0.15) is 0 Å². The van der Waals surface area contributed by atoms with E-state index in [2.05, 4.69) is 0 Å². The van der Waals surface area contributed by atoms with Crippen molar-refractivity contribution in [1.82, 2.24) is 0 Å². The third-order valence-corrected chi connectivity index (χ3v) is 5.36. The third kappa shape index (κ3) is 4.51. The molecule has 6 nitrogen and oxygen atoms in total. The number of hydrogen-bond donors (Lipinski definition) is 0. The molecule has 0 heterocycles. The molecule has 1 aliphatic rings. The molecule has 0 atom stereocenters. The molecule has 8 heteroatoms. The monoisotopic (exact) mass is 420 g/mol. The Balaban J connectivity index is 1.99. The predicted molar refractivity (Wildman–Crippen MR) is 108 cm³/mol. The molecular formula is C20H18Cl2N2O4. The van der Waals surface area contributed by atoms with Gasteiger partial charge in [0.05, 0.1) is 10.7 Å². The lowest BCUT2D eigenvalue weighted by atomic mass is 10.0. The lowest BCUT2D eigenvalue weighted by Gasteiger charge is -2.26. The van der Waals surface area contributed by atoms with E-state index in [1.807, 2.05) is 0 Å². The van der Waals surface area contributed by atoms with Crippen molar-refractivity contribution in [3.05, 3.63) is 68.2 Å². The second-order valence-electron chi connectivity index (χ2n) is 6.71. The molecular weight excluding hydrogens is 403 g/mol. The number of hydrogen-bond acceptors (Lipinski definition) is 4. The van der Waals surface area contributed by atoms with Crippen LogP contribution in [0.1, 0.15) is 36.0 Å². The van der Waals surface area contributed by atoms with Crippen LogP contribution in [0, 0.1) is 16.0 Å². The van der Waals surface area contributed by atoms with Crippen LogP contribution in [0.3, 0.4) is 0 Å². The fourth-order valence-corrected chi connectivity index (χ4v) is 3.83. The number of nitrogens with zero attached hydrogens (tertiary/aromatic N) is 2. The number of nitro groups is 1. The summed E-state index contributed by atoms with van der Waals surface area (Å²) in [5.74, 6) is -0.799. The Morgan fingerprint density at radius 1 is 1.04 bits per heavy atom. The van der Waals surface area contributed by atoms with Gasteiger partial charge in [-0.05, 0) is 55.3 Å². The van der Waals surface area contributed by atoms with E-state index in [0.29, 0.717) is 16.4 Å². The van der Waals surface area contributed by atoms with Crippen molar-refractivity contribution in [3.8, 4) is 0 Å². The van der Waals surface area contributed by atoms with E-state index >= 15 is 0 Å². The normalized spacial score (nSPS) is 14.1. The zero-order valence-corrected chi connectivity index (χ0v) is 16.4. The highest BCUT2D eigenvalue weighted by molar-refractivity contribution is 6.34. The maximum absolute atomic E-state index is 13.2. The molecule has 28 heavy (non-hydrogen) atoms. The third-order valence-electron chi connectivity index (χ3n) is 4.79. The van der Waals surface area contributed by atoms with Crippen molar-refractivity contribution in [1.29, 1.82) is 0 Å². The number of rotatable bonds is 6. The molecule has 3 rings (SSSR count). The molecule has 0 saturated heterocycles. The summed E-state index contributed by atoms with van der Waals surface area (Å²) < 4.78 is 0. The first kappa shape index (κ1) is 20.3. The molecule has 2 aromatic rings. The average molecular weight is 421 g/mol. The maximum atomic E-state index is 13.2. The van der Waals surface area contributed by atoms with Crippen LogP contribution in [0.15, 0.2) is 42.5 Å². The molecule has 2 aromatic carbocycles. The van der Waals surface area contributed by atoms with E-state index < -0.39 is 17.3 Å². The Labute approximate surface area is 172 Å². The highest BCUT2D eigenvalue weighted by Crippen LogP contribution is 2.35. The average Bonchev–Trinajstić information content (AvgIpc) is 3.17. The predicted octanol–water partition coefficient (Wildman–Crippen LogP) is 5.31. The first-order valence-corrected chi connectivity index (χ1v) is 9.66. The minimum atomic E-state index is -0.832. The van der Waals surface area contributed by atoms with E-state index in [0.717, 1.165) is 25.7 Å². The summed E-state index contributed by atoms with van der Waals surface area (Å²) in [4.78, 5) is 36.7. The van der Waals surface area contributed by atoms with Gasteiger partial charge in [0, 0.05) is 27.1 Å². The van der Waals surface area contributed by atoms with Crippen molar-refractivity contribution in [2.45, 2.75) is 25.7 Å². The van der Waals surface area contributed by atoms with E-state index in [1.165, 1.54) is 12.1 Å². The van der Waals surface area contributed by atoms with Gasteiger partial charge >= 0.3 is 0 Å². The summed E-state index contributed by atoms with van der Waals surface area (Å²) in [6.07, 6.45) is 3.69. The molecule has 0 aromatic heterocycles. The van der Waals surface area contributed by atoms with Crippen LogP contribution in [-0.4, -0.2) is 23.2 Å². The summed E-state index contributed by atoms with van der Waals surface area (Å²) in [6.45, 7) is -0.832. The van der Waals surface area contributed by atoms with E-state index in [9.17, 15) is 19.7 Å². The minimum absolute atomic E-state index is 0.0414. The number of ketones is 1. The molecule has 1 saturated carbocycles. The Hall–Kier alpha value is -2.44. The molecule has 146 valence electrons. The molecule has 0 bridgehead atoms. The smallest absolute Gasteiger partial charge is 0.265 e. The Kier molecular flexibility index (Phi) is 6.31. The van der Waals surface area contributed by atoms with Gasteiger partial charge in [-0.25, -0.2) is 0 Å². The molecule has 0 spiro atoms. The highest BCUT2D eigenvalue weighted by atomic mass is 35.5. The van der Waals surface area contributed by atoms with E-state index in [-0.39, 0.29) is 22.4 Å². The first-order chi connectivity index (χ1) is 13.4. The van der Waals surface area contributed by atoms with Crippen LogP contribution in [-0.2, 0) is 4.79 Å². The maximum Gasteiger partial charge on any atom is 0.265 e. The Morgan fingerprint density at radius 3 is 2.21 bits per heavy atom. The zero-order valence-electron chi connectivity index (χ0n) is 14.9. The molecule has 1 amide bonds. The van der Waals surface area contributed by atoms with Crippen LogP contribution in [0.5, 0.6) is 0 Å². The lowest BCUT2D eigenvalue weighted by Crippen LogP contribution is -2.31. The number of anilines is 2. The minimum Gasteiger partial charge on any atom is -0.287 e. The van der Waals surface area contributed by atoms with Crippen LogP contribution in [0.25, 0.3) is 0 Å². The molecule has 0 aliphatic heterocycles. The quantitative estimate of drug-likeness (QED) is 0.360. The van der Waals surface area contributed by atoms with Gasteiger partial charge in [0.1, 0.15) is 0 Å². The fourth-order valence-electron chi connectivity index (χ4n) is 3.42. The topological polar surface area (TPSA) is 80.5 Å². The highest BCUT2D eigenvalue weighted by Gasteiger charge is 2.30. The Bertz CT molecular complexity index is 909. The molecule has 1 aliphatic carbocycles. The van der Waals surface area contributed by atoms with E-state index in [1.54, 1.807) is 35.2 Å². The van der Waals surface area contributed by atoms with E-state index in [4.69, 9.17) is 23.2 Å². The summed E-state index contributed by atoms with van der Waals surface area (Å²) in [5.41, 5.74) is 1.20. The van der Waals surface area contributed by atoms with Crippen molar-refractivity contribution < 1.29 is 14.5 Å². The van der Waals surface area contributed by atoms with Crippen molar-refractivity contribution in [2.75, 3.05) is 11.4 Å². The van der Waals surface area contributed by atoms with Crippen LogP contribution < -0.4 is 4.90 Å². The van der Waals surface area contributed by atoms with Gasteiger partial charge in [-0.3, -0.25) is 24.6 Å². The van der Waals surface area contributed by atoms with Gasteiger partial charge in [0.15, 0.2) is 0 Å². The van der Waals surface area contributed by atoms with Crippen LogP contribution >= 0.6 is 23.2 Å². The first-order valence-electron chi connectivity index (χ1n) is 8.91. The van der Waals surface area contributed by atoms with Crippen molar-refractivity contribution in [2.24, 2.45) is 5.92 Å². The summed E-state index contributed by atoms with van der Waals surface area (Å²) >= 11 is 12.2. The molecule has 0 radical (unpaired) electrons. The van der Waals surface area contributed by atoms with Gasteiger partial charge < -0.3 is 0 Å². The SMILES string of the molecule is O=C(C[N+](=O)[O-])c1ccc(N(C(=O)C2CCCC2)c2ccc(Cl)cc2)cc1Cl. The number of amides is 1. The summed E-state index contributed by atoms with van der Waals surface area (Å²) in [5, 5.41) is 11.2. The second-order valence-corrected chi connectivity index (χ2v) is 7.55. The Morgan fingerprint density at radius 2 is 1.64 bits per heavy atom. The molecule has 0 N–H and O–H groups in total. The number of halogens is 2. The fraction of sp³-hybridized carbons (Fsp3) is 0.300. The summed E-state index contributed by atoms with van der Waals surface area (Å²) in [6, 6.07) is 11.4. The molecule has 1 fully saturated rings. The van der Waals surface area contributed by atoms with Gasteiger partial charge in [-0.1, -0.05) is 36.0 Å². The van der Waals surface area contributed by atoms with Gasteiger partial charge in [-0.15, -0.1) is 0 Å². The lowest BCUT2D eigenvalue weighted by molar-refractivity contribution is -0.465. The largest absolute Gasteiger partial charge is 0.287 e. The molecule has 0 unspecified atom stereocenters. The van der Waals surface area contributed by atoms with Crippen molar-refractivity contribution in [3.63, 3.8) is 0 Å². The standard InChI is InChI=1S/C20H18Cl2N2O4/c21-14-5-7-15(8-6-14)24(20(26)13-3-1-2-4-13)16-9-10-17(18(22)11-16)19(25)12-23(27)28/h5-11,13H,1-4,12H2. The van der Waals surface area contributed by atoms with Crippen LogP contribution in [0.4, 0.5) is 11.4 Å². The second kappa shape index (κ2) is 8.71. The zero-order chi connectivity index (χ0) is 20.3. The number of benzene rings is 2. The van der Waals surface area contributed by atoms with Gasteiger partial charge in [0.25, 0.3) is 6.54 Å². The number of carbonyl (C=O) groups is 2. The number of Topliss-reactive ketones (excluding diaryl/α,β-unsaturated/α-hetero) is 1. The van der Waals surface area contributed by atoms with Crippen molar-refractivity contribution >= 4 is 46.3 Å². The number of carbonyl (C=O) groups excluding carboxylic acids is 2. The van der Waals surface area contributed by atoms with Crippen LogP contribution in [0.2, 0.25) is 10.0 Å².